The van der Waals surface area contributed by atoms with Crippen molar-refractivity contribution in [3.63, 3.8) is 0 Å². The number of anilines is 1. The van der Waals surface area contributed by atoms with Gasteiger partial charge in [-0.05, 0) is 31.0 Å². The third-order valence-corrected chi connectivity index (χ3v) is 4.57. The van der Waals surface area contributed by atoms with Crippen LogP contribution in [0.3, 0.4) is 0 Å². The van der Waals surface area contributed by atoms with Gasteiger partial charge < -0.3 is 5.73 Å². The maximum absolute atomic E-state index is 6.33. The third-order valence-electron chi connectivity index (χ3n) is 3.03. The monoisotopic (exact) mass is 295 g/mol. The van der Waals surface area contributed by atoms with Gasteiger partial charge in [0.15, 0.2) is 0 Å². The Morgan fingerprint density at radius 3 is 2.74 bits per heavy atom. The highest BCUT2D eigenvalue weighted by Crippen LogP contribution is 2.32. The Kier molecular flexibility index (Phi) is 4.42. The van der Waals surface area contributed by atoms with Crippen LogP contribution < -0.4 is 5.73 Å². The van der Waals surface area contributed by atoms with E-state index in [-0.39, 0.29) is 0 Å². The largest absolute Gasteiger partial charge is 0.398 e. The first kappa shape index (κ1) is 14.3. The Morgan fingerprint density at radius 2 is 2.16 bits per heavy atom. The molecule has 2 rings (SSSR count). The number of nitrogens with zero attached hydrogens (tertiary/aromatic N) is 2. The van der Waals surface area contributed by atoms with Crippen molar-refractivity contribution >= 4 is 29.1 Å². The molecule has 1 aromatic carbocycles. The van der Waals surface area contributed by atoms with Gasteiger partial charge in [-0.25, -0.2) is 0 Å². The molecule has 0 unspecified atom stereocenters. The normalized spacial score (nSPS) is 10.9. The summed E-state index contributed by atoms with van der Waals surface area (Å²) in [6.07, 6.45) is 0.851. The van der Waals surface area contributed by atoms with Crippen molar-refractivity contribution < 1.29 is 0 Å². The molecule has 0 radical (unpaired) electrons. The summed E-state index contributed by atoms with van der Waals surface area (Å²) >= 11 is 8.02. The van der Waals surface area contributed by atoms with Crippen LogP contribution in [0.1, 0.15) is 23.9 Å². The number of nitrogens with two attached hydrogens (primary N) is 1. The third kappa shape index (κ3) is 3.07. The van der Waals surface area contributed by atoms with E-state index in [4.69, 9.17) is 17.3 Å². The molecule has 1 heterocycles. The van der Waals surface area contributed by atoms with Crippen LogP contribution in [0.25, 0.3) is 0 Å². The molecule has 0 spiro atoms. The molecule has 0 aliphatic heterocycles. The fourth-order valence-corrected chi connectivity index (χ4v) is 3.38. The molecule has 0 saturated carbocycles. The van der Waals surface area contributed by atoms with Gasteiger partial charge in [-0.2, -0.15) is 5.10 Å². The second-order valence-corrected chi connectivity index (χ2v) is 5.91. The number of aromatic nitrogens is 2. The summed E-state index contributed by atoms with van der Waals surface area (Å²) in [6.45, 7) is 4.10. The first-order valence-corrected chi connectivity index (χ1v) is 7.58. The molecule has 0 atom stereocenters. The predicted molar refractivity (Wildman–Crippen MR) is 82.7 cm³/mol. The first-order valence-electron chi connectivity index (χ1n) is 6.22. The predicted octanol–water partition coefficient (Wildman–Crippen LogP) is 3.82. The summed E-state index contributed by atoms with van der Waals surface area (Å²) in [6, 6.07) is 6.12. The lowest BCUT2D eigenvalue weighted by Gasteiger charge is -2.07. The number of hydrogen-bond acceptors (Lipinski definition) is 3. The van der Waals surface area contributed by atoms with E-state index in [1.807, 2.05) is 24.7 Å². The molecular weight excluding hydrogens is 278 g/mol. The molecule has 2 N–H and O–H groups in total. The Balaban J connectivity index is 2.16. The van der Waals surface area contributed by atoms with E-state index >= 15 is 0 Å². The number of thioether (sulfide) groups is 1. The second-order valence-electron chi connectivity index (χ2n) is 4.51. The van der Waals surface area contributed by atoms with Gasteiger partial charge in [0.2, 0.25) is 0 Å². The maximum Gasteiger partial charge on any atom is 0.0858 e. The number of rotatable bonds is 4. The molecule has 1 aromatic heterocycles. The van der Waals surface area contributed by atoms with Crippen LogP contribution in [0.4, 0.5) is 5.69 Å². The summed E-state index contributed by atoms with van der Waals surface area (Å²) in [5.74, 6) is 0.773. The van der Waals surface area contributed by atoms with Crippen molar-refractivity contribution in [1.29, 1.82) is 0 Å². The van der Waals surface area contributed by atoms with E-state index in [2.05, 4.69) is 24.2 Å². The average molecular weight is 296 g/mol. The minimum atomic E-state index is 0.773. The van der Waals surface area contributed by atoms with Gasteiger partial charge in [0.25, 0.3) is 0 Å². The van der Waals surface area contributed by atoms with Gasteiger partial charge in [0, 0.05) is 23.4 Å². The molecular formula is C14H18ClN3S. The SMILES string of the molecule is CCc1nn(C)c(CSc2ccc(C)cc2N)c1Cl. The highest BCUT2D eigenvalue weighted by molar-refractivity contribution is 7.98. The van der Waals surface area contributed by atoms with E-state index in [0.29, 0.717) is 0 Å². The Labute approximate surface area is 123 Å². The van der Waals surface area contributed by atoms with Crippen molar-refractivity contribution in [3.8, 4) is 0 Å². The van der Waals surface area contributed by atoms with Gasteiger partial charge >= 0.3 is 0 Å². The molecule has 102 valence electrons. The highest BCUT2D eigenvalue weighted by atomic mass is 35.5. The standard InChI is InChI=1S/C14H18ClN3S/c1-4-11-14(15)12(18(3)17-11)8-19-13-6-5-9(2)7-10(13)16/h5-7H,4,8,16H2,1-3H3. The zero-order valence-corrected chi connectivity index (χ0v) is 13.0. The molecule has 3 nitrogen and oxygen atoms in total. The number of halogens is 1. The summed E-state index contributed by atoms with van der Waals surface area (Å²) in [5, 5.41) is 5.20. The molecule has 19 heavy (non-hydrogen) atoms. The van der Waals surface area contributed by atoms with Gasteiger partial charge in [0.05, 0.1) is 16.4 Å². The topological polar surface area (TPSA) is 43.8 Å². The molecule has 2 aromatic rings. The lowest BCUT2D eigenvalue weighted by Crippen LogP contribution is -1.97. The average Bonchev–Trinajstić information content (AvgIpc) is 2.64. The van der Waals surface area contributed by atoms with Crippen LogP contribution in [0, 0.1) is 6.92 Å². The number of benzene rings is 1. The molecule has 0 aliphatic rings. The number of nitrogen functional groups attached to an aromatic ring is 1. The summed E-state index contributed by atoms with van der Waals surface area (Å²) in [4.78, 5) is 1.08. The first-order chi connectivity index (χ1) is 9.02. The highest BCUT2D eigenvalue weighted by Gasteiger charge is 2.13. The molecule has 0 bridgehead atoms. The smallest absolute Gasteiger partial charge is 0.0858 e. The summed E-state index contributed by atoms with van der Waals surface area (Å²) in [7, 11) is 1.93. The second kappa shape index (κ2) is 5.88. The van der Waals surface area contributed by atoms with E-state index < -0.39 is 0 Å². The fraction of sp³-hybridized carbons (Fsp3) is 0.357. The van der Waals surface area contributed by atoms with Crippen LogP contribution >= 0.6 is 23.4 Å². The minimum Gasteiger partial charge on any atom is -0.398 e. The zero-order valence-electron chi connectivity index (χ0n) is 11.4. The van der Waals surface area contributed by atoms with Crippen molar-refractivity contribution in [3.05, 3.63) is 40.2 Å². The molecule has 0 fully saturated rings. The minimum absolute atomic E-state index is 0.773. The molecule has 0 amide bonds. The summed E-state index contributed by atoms with van der Waals surface area (Å²) < 4.78 is 1.86. The lowest BCUT2D eigenvalue weighted by atomic mass is 10.2. The van der Waals surface area contributed by atoms with Crippen molar-refractivity contribution in [1.82, 2.24) is 9.78 Å². The Hall–Kier alpha value is -1.13. The molecule has 5 heteroatoms. The van der Waals surface area contributed by atoms with E-state index in [1.54, 1.807) is 11.8 Å². The van der Waals surface area contributed by atoms with Gasteiger partial charge in [-0.1, -0.05) is 24.6 Å². The van der Waals surface area contributed by atoms with Gasteiger partial charge in [-0.3, -0.25) is 4.68 Å². The number of hydrogen-bond donors (Lipinski definition) is 1. The Bertz CT molecular complexity index is 593. The zero-order chi connectivity index (χ0) is 14.0. The lowest BCUT2D eigenvalue weighted by molar-refractivity contribution is 0.720. The summed E-state index contributed by atoms with van der Waals surface area (Å²) in [5.41, 5.74) is 10.0. The van der Waals surface area contributed by atoms with Crippen LogP contribution in [0.5, 0.6) is 0 Å². The van der Waals surface area contributed by atoms with E-state index in [9.17, 15) is 0 Å². The van der Waals surface area contributed by atoms with Crippen LogP contribution in [-0.4, -0.2) is 9.78 Å². The number of aryl methyl sites for hydroxylation is 3. The molecule has 0 aliphatic carbocycles. The van der Waals surface area contributed by atoms with Gasteiger partial charge in [0.1, 0.15) is 0 Å². The van der Waals surface area contributed by atoms with Crippen LogP contribution in [0.15, 0.2) is 23.1 Å². The van der Waals surface area contributed by atoms with E-state index in [1.165, 1.54) is 5.56 Å². The van der Waals surface area contributed by atoms with Crippen molar-refractivity contribution in [2.24, 2.45) is 7.05 Å². The fourth-order valence-electron chi connectivity index (χ4n) is 1.92. The molecule has 0 saturated heterocycles. The van der Waals surface area contributed by atoms with Crippen molar-refractivity contribution in [2.45, 2.75) is 30.9 Å². The Morgan fingerprint density at radius 1 is 1.42 bits per heavy atom. The van der Waals surface area contributed by atoms with Crippen LogP contribution in [0.2, 0.25) is 5.02 Å². The van der Waals surface area contributed by atoms with Crippen molar-refractivity contribution in [2.75, 3.05) is 5.73 Å². The van der Waals surface area contributed by atoms with E-state index in [0.717, 1.165) is 39.2 Å². The quantitative estimate of drug-likeness (QED) is 0.689. The van der Waals surface area contributed by atoms with Crippen LogP contribution in [-0.2, 0) is 19.2 Å². The maximum atomic E-state index is 6.33. The van der Waals surface area contributed by atoms with Gasteiger partial charge in [-0.15, -0.1) is 11.8 Å².